The monoisotopic (exact) mass is 166 g/mol. The molecular weight excluding hydrogens is 148 g/mol. The van der Waals surface area contributed by atoms with Crippen LogP contribution in [-0.4, -0.2) is 17.8 Å². The number of hydrogen-bond donors (Lipinski definition) is 1. The summed E-state index contributed by atoms with van der Waals surface area (Å²) in [5.41, 5.74) is 0.130. The first-order chi connectivity index (χ1) is 5.58. The maximum absolute atomic E-state index is 4.11. The number of allylic oxidation sites excluding steroid dienone is 2. The van der Waals surface area contributed by atoms with E-state index in [2.05, 4.69) is 37.2 Å². The topological polar surface area (TPSA) is 24.4 Å². The normalized spacial score (nSPS) is 22.8. The van der Waals surface area contributed by atoms with Gasteiger partial charge in [-0.05, 0) is 26.8 Å². The summed E-state index contributed by atoms with van der Waals surface area (Å²) in [6, 6.07) is 0.250. The van der Waals surface area contributed by atoms with Gasteiger partial charge in [0.15, 0.2) is 0 Å². The Kier molecular flexibility index (Phi) is 2.82. The number of rotatable bonds is 1. The van der Waals surface area contributed by atoms with Gasteiger partial charge in [0, 0.05) is 19.4 Å². The average Bonchev–Trinajstić information content (AvgIpc) is 2.12. The molecule has 0 amide bonds. The Morgan fingerprint density at radius 3 is 2.75 bits per heavy atom. The predicted molar refractivity (Wildman–Crippen MR) is 55.6 cm³/mol. The molecule has 0 saturated carbocycles. The summed E-state index contributed by atoms with van der Waals surface area (Å²) in [5, 5.41) is 3.42. The second kappa shape index (κ2) is 3.68. The molecule has 0 bridgehead atoms. The number of hydrogen-bond acceptors (Lipinski definition) is 2. The van der Waals surface area contributed by atoms with E-state index >= 15 is 0 Å². The third-order valence-electron chi connectivity index (χ3n) is 1.45. The van der Waals surface area contributed by atoms with E-state index in [-0.39, 0.29) is 13.0 Å². The van der Waals surface area contributed by atoms with Crippen molar-refractivity contribution in [2.24, 2.45) is 4.99 Å². The SMILES string of the molecule is CC(C)(C)NC1C=CC=CN=C1.[HH]. The number of nitrogens with one attached hydrogen (secondary N) is 1. The lowest BCUT2D eigenvalue weighted by molar-refractivity contribution is 0.429. The van der Waals surface area contributed by atoms with Crippen molar-refractivity contribution in [3.05, 3.63) is 24.4 Å². The van der Waals surface area contributed by atoms with Crippen molar-refractivity contribution >= 4 is 6.21 Å². The van der Waals surface area contributed by atoms with Crippen LogP contribution in [0.4, 0.5) is 0 Å². The van der Waals surface area contributed by atoms with Crippen LogP contribution in [0.3, 0.4) is 0 Å². The largest absolute Gasteiger partial charge is 0.301 e. The van der Waals surface area contributed by atoms with Gasteiger partial charge in [-0.1, -0.05) is 12.2 Å². The molecule has 1 rings (SSSR count). The first kappa shape index (κ1) is 9.20. The van der Waals surface area contributed by atoms with E-state index < -0.39 is 0 Å². The summed E-state index contributed by atoms with van der Waals surface area (Å²) >= 11 is 0. The number of nitrogens with zero attached hydrogens (tertiary/aromatic N) is 1. The molecule has 2 heteroatoms. The lowest BCUT2D eigenvalue weighted by Gasteiger charge is -2.23. The summed E-state index contributed by atoms with van der Waals surface area (Å²) in [6.45, 7) is 6.44. The van der Waals surface area contributed by atoms with Gasteiger partial charge in [-0.15, -0.1) is 0 Å². The molecule has 0 aromatic carbocycles. The fraction of sp³-hybridized carbons (Fsp3) is 0.500. The maximum Gasteiger partial charge on any atom is 0.0617 e. The highest BCUT2D eigenvalue weighted by molar-refractivity contribution is 5.68. The fourth-order valence-corrected chi connectivity index (χ4v) is 1.06. The maximum atomic E-state index is 4.11. The highest BCUT2D eigenvalue weighted by Crippen LogP contribution is 2.02. The molecule has 1 aliphatic rings. The smallest absolute Gasteiger partial charge is 0.0617 e. The Hall–Kier alpha value is -0.890. The summed E-state index contributed by atoms with van der Waals surface area (Å²) in [5.74, 6) is 0. The lowest BCUT2D eigenvalue weighted by Crippen LogP contribution is -2.43. The molecule has 1 aliphatic heterocycles. The highest BCUT2D eigenvalue weighted by Gasteiger charge is 2.13. The van der Waals surface area contributed by atoms with Gasteiger partial charge in [0.1, 0.15) is 0 Å². The van der Waals surface area contributed by atoms with Crippen LogP contribution >= 0.6 is 0 Å². The molecule has 12 heavy (non-hydrogen) atoms. The van der Waals surface area contributed by atoms with E-state index in [4.69, 9.17) is 0 Å². The molecule has 0 aromatic heterocycles. The van der Waals surface area contributed by atoms with Gasteiger partial charge in [0.05, 0.1) is 6.04 Å². The Labute approximate surface area is 75.6 Å². The Morgan fingerprint density at radius 2 is 2.08 bits per heavy atom. The molecule has 0 saturated heterocycles. The van der Waals surface area contributed by atoms with Crippen molar-refractivity contribution in [1.82, 2.24) is 5.32 Å². The second-order valence-corrected chi connectivity index (χ2v) is 3.94. The Morgan fingerprint density at radius 1 is 1.33 bits per heavy atom. The van der Waals surface area contributed by atoms with Crippen LogP contribution in [0, 0.1) is 0 Å². The van der Waals surface area contributed by atoms with Crippen molar-refractivity contribution < 1.29 is 1.43 Å². The number of aliphatic imine (C=N–C) groups is 1. The van der Waals surface area contributed by atoms with Crippen LogP contribution in [0.5, 0.6) is 0 Å². The zero-order valence-electron chi connectivity index (χ0n) is 7.91. The van der Waals surface area contributed by atoms with E-state index in [0.717, 1.165) is 0 Å². The van der Waals surface area contributed by atoms with Crippen LogP contribution in [0.1, 0.15) is 22.2 Å². The molecule has 0 fully saturated rings. The second-order valence-electron chi connectivity index (χ2n) is 3.94. The van der Waals surface area contributed by atoms with Crippen LogP contribution in [0.2, 0.25) is 0 Å². The minimum absolute atomic E-state index is 0. The third kappa shape index (κ3) is 3.49. The Bertz CT molecular complexity index is 208. The standard InChI is InChI=1S/C10H16N2.H2/c1-10(2,3)12-9-6-4-5-7-11-8-9;/h4-9,12H,1-3H3;1H. The molecule has 0 radical (unpaired) electrons. The molecular formula is C10H18N2. The van der Waals surface area contributed by atoms with Gasteiger partial charge in [0.2, 0.25) is 0 Å². The van der Waals surface area contributed by atoms with Crippen LogP contribution in [0.15, 0.2) is 29.4 Å². The van der Waals surface area contributed by atoms with Crippen LogP contribution in [0.25, 0.3) is 0 Å². The first-order valence-corrected chi connectivity index (χ1v) is 4.22. The molecule has 68 valence electrons. The van der Waals surface area contributed by atoms with Gasteiger partial charge >= 0.3 is 0 Å². The van der Waals surface area contributed by atoms with Crippen molar-refractivity contribution in [3.63, 3.8) is 0 Å². The lowest BCUT2D eigenvalue weighted by atomic mass is 10.1. The van der Waals surface area contributed by atoms with Gasteiger partial charge in [-0.3, -0.25) is 4.99 Å². The molecule has 1 unspecified atom stereocenters. The highest BCUT2D eigenvalue weighted by atomic mass is 15.0. The van der Waals surface area contributed by atoms with E-state index in [1.54, 1.807) is 6.20 Å². The molecule has 1 N–H and O–H groups in total. The molecule has 0 aliphatic carbocycles. The van der Waals surface area contributed by atoms with Crippen molar-refractivity contribution in [1.29, 1.82) is 0 Å². The van der Waals surface area contributed by atoms with Crippen LogP contribution in [-0.2, 0) is 0 Å². The van der Waals surface area contributed by atoms with E-state index in [9.17, 15) is 0 Å². The summed E-state index contributed by atoms with van der Waals surface area (Å²) in [4.78, 5) is 4.11. The molecule has 0 spiro atoms. The Balaban J connectivity index is 0.00000144. The minimum atomic E-state index is 0. The summed E-state index contributed by atoms with van der Waals surface area (Å²) in [6.07, 6.45) is 9.74. The minimum Gasteiger partial charge on any atom is -0.301 e. The summed E-state index contributed by atoms with van der Waals surface area (Å²) < 4.78 is 0. The zero-order valence-corrected chi connectivity index (χ0v) is 7.91. The van der Waals surface area contributed by atoms with Crippen molar-refractivity contribution in [3.8, 4) is 0 Å². The molecule has 1 heterocycles. The quantitative estimate of drug-likeness (QED) is 0.634. The fourth-order valence-electron chi connectivity index (χ4n) is 1.06. The zero-order chi connectivity index (χ0) is 9.03. The van der Waals surface area contributed by atoms with E-state index in [0.29, 0.717) is 0 Å². The van der Waals surface area contributed by atoms with Crippen molar-refractivity contribution in [2.45, 2.75) is 32.4 Å². The van der Waals surface area contributed by atoms with Gasteiger partial charge in [-0.25, -0.2) is 0 Å². The summed E-state index contributed by atoms with van der Waals surface area (Å²) in [7, 11) is 0. The average molecular weight is 166 g/mol. The molecule has 0 aromatic rings. The third-order valence-corrected chi connectivity index (χ3v) is 1.45. The molecule has 1 atom stereocenters. The van der Waals surface area contributed by atoms with Crippen molar-refractivity contribution in [2.75, 3.05) is 0 Å². The van der Waals surface area contributed by atoms with Crippen LogP contribution < -0.4 is 5.32 Å². The predicted octanol–water partition coefficient (Wildman–Crippen LogP) is 2.14. The molecule has 2 nitrogen and oxygen atoms in total. The first-order valence-electron chi connectivity index (χ1n) is 4.22. The van der Waals surface area contributed by atoms with E-state index in [1.165, 1.54) is 0 Å². The van der Waals surface area contributed by atoms with Gasteiger partial charge in [-0.2, -0.15) is 0 Å². The van der Waals surface area contributed by atoms with E-state index in [1.807, 2.05) is 18.4 Å². The van der Waals surface area contributed by atoms with Gasteiger partial charge in [0.25, 0.3) is 0 Å². The van der Waals surface area contributed by atoms with Gasteiger partial charge < -0.3 is 5.32 Å².